The van der Waals surface area contributed by atoms with E-state index in [1.807, 2.05) is 127 Å². The second kappa shape index (κ2) is 37.2. The van der Waals surface area contributed by atoms with Gasteiger partial charge < -0.3 is 15.3 Å². The van der Waals surface area contributed by atoms with Crippen LogP contribution in [0.2, 0.25) is 0 Å². The molecule has 0 bridgehead atoms. The van der Waals surface area contributed by atoms with Crippen molar-refractivity contribution in [3.05, 3.63) is 283 Å². The molecule has 0 amide bonds. The third-order valence-electron chi connectivity index (χ3n) is 12.2. The average molecular weight is 1710 g/mol. The van der Waals surface area contributed by atoms with E-state index >= 15 is 0 Å². The fraction of sp³-hybridized carbons (Fsp3) is 0.108. The number of fused-ring (bicyclic) bond motifs is 3. The number of carbonyl (C=O) groups is 3. The van der Waals surface area contributed by atoms with Gasteiger partial charge in [0.25, 0.3) is 0 Å². The van der Waals surface area contributed by atoms with E-state index in [2.05, 4.69) is 104 Å². The maximum Gasteiger partial charge on any atom is 0.155 e. The monoisotopic (exact) mass is 1710 g/mol. The number of aliphatic hydroxyl groups excluding tert-OH is 3. The summed E-state index contributed by atoms with van der Waals surface area (Å²) < 4.78 is 27.3. The number of rotatable bonds is 8. The standard InChI is InChI=1S/C22H16N.C21H12F2N.C16H12N.3C5H8O2.3Ir/c1-16-9-5-6-12-18(16)22-15-20(17-10-3-2-4-11-17)19-13-7-8-14-21(19)23-22;22-15-10-11-17(19(23)12-15)21-13-18(14-6-2-1-3-7-14)16-8-4-5-9-20(16)24-21;1-12-11-14-9-5-6-10-15(14)17-16(12)13-7-3-2-4-8-13;3*1-4(6)3-5(2)7;;;/h2-11,13-15H,1H3;1-10,12-13H;2-7,9-11H,1H3;3*3,6H,1-2H3;;;/q3*-1;;;;;;. The fourth-order valence-corrected chi connectivity index (χ4v) is 8.68. The number of pyridine rings is 3. The molecule has 3 aromatic heterocycles. The number of benzene rings is 8. The minimum Gasteiger partial charge on any atom is -0.512 e. The van der Waals surface area contributed by atoms with Crippen molar-refractivity contribution in [1.82, 2.24) is 15.0 Å². The van der Waals surface area contributed by atoms with Crippen molar-refractivity contribution in [3.63, 3.8) is 0 Å². The molecular weight excluding hydrogens is 1640 g/mol. The van der Waals surface area contributed by atoms with Gasteiger partial charge in [0.05, 0.1) is 33.8 Å². The summed E-state index contributed by atoms with van der Waals surface area (Å²) in [5.74, 6) is -1.51. The van der Waals surface area contributed by atoms with Crippen molar-refractivity contribution in [2.24, 2.45) is 0 Å². The molecule has 0 saturated carbocycles. The number of hydrogen-bond donors (Lipinski definition) is 3. The van der Waals surface area contributed by atoms with Crippen LogP contribution in [-0.2, 0) is 74.7 Å². The Kier molecular flexibility index (Phi) is 31.1. The Morgan fingerprint density at radius 1 is 0.432 bits per heavy atom. The van der Waals surface area contributed by atoms with E-state index in [9.17, 15) is 23.2 Å². The molecule has 11 rings (SSSR count). The summed E-state index contributed by atoms with van der Waals surface area (Å²) in [6.07, 6.45) is 3.50. The Morgan fingerprint density at radius 3 is 1.30 bits per heavy atom. The quantitative estimate of drug-likeness (QED) is 0.0767. The van der Waals surface area contributed by atoms with E-state index < -0.39 is 11.6 Å². The normalized spacial score (nSPS) is 10.6. The van der Waals surface area contributed by atoms with Crippen LogP contribution in [0.3, 0.4) is 0 Å². The summed E-state index contributed by atoms with van der Waals surface area (Å²) in [6, 6.07) is 75.9. The van der Waals surface area contributed by atoms with Gasteiger partial charge in [-0.2, -0.15) is 0 Å². The molecule has 0 fully saturated rings. The number of allylic oxidation sites excluding steroid dienone is 6. The summed E-state index contributed by atoms with van der Waals surface area (Å²) in [5.41, 5.74) is 14.3. The zero-order valence-electron chi connectivity index (χ0n) is 49.5. The van der Waals surface area contributed by atoms with Crippen molar-refractivity contribution < 1.29 is 98.8 Å². The van der Waals surface area contributed by atoms with Crippen LogP contribution in [0.4, 0.5) is 8.78 Å². The summed E-state index contributed by atoms with van der Waals surface area (Å²) in [5, 5.41) is 28.4. The van der Waals surface area contributed by atoms with E-state index in [1.165, 1.54) is 92.8 Å². The number of ketones is 3. The van der Waals surface area contributed by atoms with Crippen molar-refractivity contribution in [2.45, 2.75) is 55.4 Å². The molecule has 3 radical (unpaired) electrons. The maximum absolute atomic E-state index is 14.2. The Morgan fingerprint density at radius 2 is 0.864 bits per heavy atom. The number of nitrogens with zero attached hydrogens (tertiary/aromatic N) is 3. The first-order chi connectivity index (χ1) is 40.8. The molecule has 8 aromatic carbocycles. The van der Waals surface area contributed by atoms with Crippen molar-refractivity contribution in [2.75, 3.05) is 0 Å². The van der Waals surface area contributed by atoms with Gasteiger partial charge in [0.15, 0.2) is 17.3 Å². The molecule has 0 saturated heterocycles. The van der Waals surface area contributed by atoms with Crippen molar-refractivity contribution in [1.29, 1.82) is 0 Å². The molecule has 11 aromatic rings. The third kappa shape index (κ3) is 22.9. The molecule has 0 aliphatic heterocycles. The fourth-order valence-electron chi connectivity index (χ4n) is 8.68. The van der Waals surface area contributed by atoms with Crippen LogP contribution >= 0.6 is 0 Å². The molecule has 9 nitrogen and oxygen atoms in total. The first-order valence-electron chi connectivity index (χ1n) is 27.0. The van der Waals surface area contributed by atoms with Crippen LogP contribution in [0.25, 0.3) is 88.7 Å². The van der Waals surface area contributed by atoms with Crippen molar-refractivity contribution in [3.8, 4) is 56.0 Å². The number of halogens is 2. The van der Waals surface area contributed by atoms with E-state index in [-0.39, 0.29) is 101 Å². The van der Waals surface area contributed by atoms with Gasteiger partial charge >= 0.3 is 0 Å². The summed E-state index contributed by atoms with van der Waals surface area (Å²) in [4.78, 5) is 44.2. The molecule has 3 heterocycles. The molecule has 3 N–H and O–H groups in total. The SMILES string of the molecule is CC(=O)C=C(C)O.CC(=O)C=C(C)O.CC(=O)C=C(C)O.Cc1cc2ccccc2nc1-c1[c-]cccc1.Cc1ccc[c-]c1-c1cc(-c2ccccc2)c2ccccc2n1.Fc1c[c-]c(-c2cc(-c3ccccc3)c3ccccc3n2)c(F)c1.[Ir].[Ir].[Ir]. The van der Waals surface area contributed by atoms with Gasteiger partial charge in [-0.1, -0.05) is 158 Å². The van der Waals surface area contributed by atoms with Crippen molar-refractivity contribution >= 4 is 50.1 Å². The summed E-state index contributed by atoms with van der Waals surface area (Å²) in [6.45, 7) is 12.7. The molecule has 455 valence electrons. The minimum absolute atomic E-state index is 0. The van der Waals surface area contributed by atoms with E-state index in [1.54, 1.807) is 0 Å². The molecule has 14 heteroatoms. The Hall–Kier alpha value is -8.57. The molecular formula is C74H64F2Ir3N3O6-3. The first-order valence-corrected chi connectivity index (χ1v) is 27.0. The number of carbonyl (C=O) groups excluding carboxylic acids is 3. The predicted octanol–water partition coefficient (Wildman–Crippen LogP) is 18.4. The smallest absolute Gasteiger partial charge is 0.155 e. The minimum atomic E-state index is -0.670. The van der Waals surface area contributed by atoms with Gasteiger partial charge in [0.1, 0.15) is 0 Å². The van der Waals surface area contributed by atoms with E-state index in [0.717, 1.165) is 67.7 Å². The van der Waals surface area contributed by atoms with Gasteiger partial charge in [0, 0.05) is 101 Å². The second-order valence-electron chi connectivity index (χ2n) is 19.5. The van der Waals surface area contributed by atoms with Gasteiger partial charge in [-0.15, -0.1) is 83.4 Å². The number of aryl methyl sites for hydroxylation is 2. The summed E-state index contributed by atoms with van der Waals surface area (Å²) >= 11 is 0. The number of para-hydroxylation sites is 3. The predicted molar refractivity (Wildman–Crippen MR) is 340 cm³/mol. The molecule has 0 atom stereocenters. The largest absolute Gasteiger partial charge is 0.512 e. The van der Waals surface area contributed by atoms with Crippen LogP contribution in [0.1, 0.15) is 52.7 Å². The van der Waals surface area contributed by atoms with Crippen LogP contribution < -0.4 is 0 Å². The Balaban J connectivity index is 0.000000295. The van der Waals surface area contributed by atoms with Crippen LogP contribution in [0.5, 0.6) is 0 Å². The average Bonchev–Trinajstić information content (AvgIpc) is 1.15. The number of aromatic nitrogens is 3. The zero-order chi connectivity index (χ0) is 61.4. The first kappa shape index (κ1) is 73.7. The molecule has 0 unspecified atom stereocenters. The van der Waals surface area contributed by atoms with E-state index in [0.29, 0.717) is 5.69 Å². The number of hydrogen-bond acceptors (Lipinski definition) is 9. The van der Waals surface area contributed by atoms with Crippen LogP contribution in [0.15, 0.2) is 242 Å². The third-order valence-corrected chi connectivity index (χ3v) is 12.2. The Bertz CT molecular complexity index is 4100. The second-order valence-corrected chi connectivity index (χ2v) is 19.5. The molecule has 0 spiro atoms. The molecule has 0 aliphatic carbocycles. The zero-order valence-corrected chi connectivity index (χ0v) is 56.7. The van der Waals surface area contributed by atoms with Gasteiger partial charge in [-0.3, -0.25) is 38.1 Å². The van der Waals surface area contributed by atoms with Crippen LogP contribution in [0, 0.1) is 43.7 Å². The van der Waals surface area contributed by atoms with E-state index in [4.69, 9.17) is 25.3 Å². The van der Waals surface area contributed by atoms with Gasteiger partial charge in [-0.25, -0.2) is 0 Å². The van der Waals surface area contributed by atoms with Gasteiger partial charge in [-0.05, 0) is 111 Å². The molecule has 88 heavy (non-hydrogen) atoms. The van der Waals surface area contributed by atoms with Crippen LogP contribution in [-0.4, -0.2) is 47.6 Å². The molecule has 0 aliphatic rings. The Labute approximate surface area is 553 Å². The maximum atomic E-state index is 14.2. The van der Waals surface area contributed by atoms with Gasteiger partial charge in [0.2, 0.25) is 0 Å². The topological polar surface area (TPSA) is 151 Å². The summed E-state index contributed by atoms with van der Waals surface area (Å²) in [7, 11) is 0. The number of aliphatic hydroxyl groups is 3.